The van der Waals surface area contributed by atoms with Crippen molar-refractivity contribution in [1.29, 1.82) is 0 Å². The molecule has 0 aromatic rings. The molecule has 0 bridgehead atoms. The zero-order valence-electron chi connectivity index (χ0n) is 13.9. The molecule has 0 saturated carbocycles. The summed E-state index contributed by atoms with van der Waals surface area (Å²) in [5, 5.41) is 8.99. The highest BCUT2D eigenvalue weighted by atomic mass is 16.3. The van der Waals surface area contributed by atoms with Gasteiger partial charge < -0.3 is 10.0 Å². The molecule has 3 nitrogen and oxygen atoms in total. The Morgan fingerprint density at radius 3 is 2.48 bits per heavy atom. The van der Waals surface area contributed by atoms with Gasteiger partial charge in [-0.1, -0.05) is 64.0 Å². The predicted molar refractivity (Wildman–Crippen MR) is 91.9 cm³/mol. The van der Waals surface area contributed by atoms with Crippen molar-refractivity contribution in [3.63, 3.8) is 0 Å². The van der Waals surface area contributed by atoms with Crippen LogP contribution in [0.25, 0.3) is 0 Å². The van der Waals surface area contributed by atoms with Gasteiger partial charge in [-0.15, -0.1) is 0 Å². The number of β-amino-alcohol motifs (C(OH)–C–C–N with tert-alkyl or cyclic N) is 1. The van der Waals surface area contributed by atoms with Gasteiger partial charge in [0.1, 0.15) is 5.84 Å². The fraction of sp³-hybridized carbons (Fsp3) is 0.833. The molecule has 0 amide bonds. The van der Waals surface area contributed by atoms with Crippen molar-refractivity contribution in [2.45, 2.75) is 71.1 Å². The average Bonchev–Trinajstić information content (AvgIpc) is 2.92. The summed E-state index contributed by atoms with van der Waals surface area (Å²) in [5.74, 6) is 1.15. The first-order chi connectivity index (χ1) is 10.4. The summed E-state index contributed by atoms with van der Waals surface area (Å²) in [5.41, 5.74) is 0. The number of allylic oxidation sites excluding steroid dienone is 1. The van der Waals surface area contributed by atoms with Crippen LogP contribution < -0.4 is 0 Å². The van der Waals surface area contributed by atoms with Crippen LogP contribution in [0.15, 0.2) is 17.1 Å². The fourth-order valence-corrected chi connectivity index (χ4v) is 2.79. The minimum Gasteiger partial charge on any atom is -0.395 e. The second kappa shape index (κ2) is 12.9. The number of aliphatic hydroxyl groups excluding tert-OH is 1. The van der Waals surface area contributed by atoms with Crippen molar-refractivity contribution in [3.05, 3.63) is 12.2 Å². The molecule has 0 unspecified atom stereocenters. The summed E-state index contributed by atoms with van der Waals surface area (Å²) in [6.07, 6.45) is 17.7. The third-order valence-electron chi connectivity index (χ3n) is 4.09. The number of aliphatic imine (C=N–C) groups is 1. The molecule has 1 rings (SSSR count). The quantitative estimate of drug-likeness (QED) is 0.409. The number of hydrogen-bond donors (Lipinski definition) is 1. The Morgan fingerprint density at radius 2 is 1.76 bits per heavy atom. The molecule has 1 N–H and O–H groups in total. The van der Waals surface area contributed by atoms with Crippen molar-refractivity contribution >= 4 is 5.84 Å². The van der Waals surface area contributed by atoms with Gasteiger partial charge in [-0.05, 0) is 12.8 Å². The van der Waals surface area contributed by atoms with E-state index in [-0.39, 0.29) is 6.61 Å². The van der Waals surface area contributed by atoms with E-state index in [9.17, 15) is 0 Å². The van der Waals surface area contributed by atoms with E-state index in [2.05, 4.69) is 29.0 Å². The first kappa shape index (κ1) is 18.2. The number of rotatable bonds is 13. The van der Waals surface area contributed by atoms with E-state index in [1.807, 2.05) is 0 Å². The van der Waals surface area contributed by atoms with Crippen LogP contribution in [0.5, 0.6) is 0 Å². The maximum atomic E-state index is 8.99. The van der Waals surface area contributed by atoms with E-state index in [0.29, 0.717) is 0 Å². The minimum atomic E-state index is 0.223. The zero-order valence-corrected chi connectivity index (χ0v) is 13.9. The van der Waals surface area contributed by atoms with Gasteiger partial charge >= 0.3 is 0 Å². The third-order valence-corrected chi connectivity index (χ3v) is 4.09. The Kier molecular flexibility index (Phi) is 11.2. The van der Waals surface area contributed by atoms with Crippen LogP contribution in [0.1, 0.15) is 71.1 Å². The van der Waals surface area contributed by atoms with Gasteiger partial charge in [0.25, 0.3) is 0 Å². The van der Waals surface area contributed by atoms with Gasteiger partial charge in [0.2, 0.25) is 0 Å². The molecule has 0 saturated heterocycles. The van der Waals surface area contributed by atoms with E-state index in [1.54, 1.807) is 0 Å². The van der Waals surface area contributed by atoms with Crippen LogP contribution in [-0.4, -0.2) is 42.1 Å². The van der Waals surface area contributed by atoms with Crippen molar-refractivity contribution in [1.82, 2.24) is 4.90 Å². The number of amidine groups is 1. The smallest absolute Gasteiger partial charge is 0.103 e. The standard InChI is InChI=1S/C18H34N2O/c1-2-3-4-5-6-7-8-9-10-11-12-13-18-19-14-15-20(18)16-17-21/h11-12,21H,2-10,13-17H2,1H3/b12-11+. The van der Waals surface area contributed by atoms with Crippen molar-refractivity contribution in [2.75, 3.05) is 26.2 Å². The van der Waals surface area contributed by atoms with Crippen LogP contribution in [0.4, 0.5) is 0 Å². The Morgan fingerprint density at radius 1 is 1.05 bits per heavy atom. The van der Waals surface area contributed by atoms with Crippen LogP contribution in [-0.2, 0) is 0 Å². The van der Waals surface area contributed by atoms with Crippen LogP contribution in [0.3, 0.4) is 0 Å². The van der Waals surface area contributed by atoms with Gasteiger partial charge in [-0.2, -0.15) is 0 Å². The molecule has 0 fully saturated rings. The number of nitrogens with zero attached hydrogens (tertiary/aromatic N) is 2. The van der Waals surface area contributed by atoms with Crippen LogP contribution in [0.2, 0.25) is 0 Å². The SMILES string of the molecule is CCCCCCCCCC/C=C/CC1=NCCN1CCO. The molecule has 122 valence electrons. The van der Waals surface area contributed by atoms with Gasteiger partial charge in [-0.25, -0.2) is 0 Å². The number of hydrogen-bond acceptors (Lipinski definition) is 3. The summed E-state index contributed by atoms with van der Waals surface area (Å²) < 4.78 is 0. The van der Waals surface area contributed by atoms with Gasteiger partial charge in [-0.3, -0.25) is 4.99 Å². The predicted octanol–water partition coefficient (Wildman–Crippen LogP) is 4.17. The molecule has 0 spiro atoms. The highest BCUT2D eigenvalue weighted by molar-refractivity contribution is 5.85. The van der Waals surface area contributed by atoms with Gasteiger partial charge in [0.05, 0.1) is 13.2 Å². The van der Waals surface area contributed by atoms with Crippen molar-refractivity contribution in [3.8, 4) is 0 Å². The highest BCUT2D eigenvalue weighted by Gasteiger charge is 2.13. The Balaban J connectivity index is 1.93. The van der Waals surface area contributed by atoms with E-state index >= 15 is 0 Å². The molecule has 0 aromatic heterocycles. The molecule has 1 aliphatic rings. The molecule has 0 atom stereocenters. The summed E-state index contributed by atoms with van der Waals surface area (Å²) in [6.45, 7) is 5.08. The van der Waals surface area contributed by atoms with Crippen LogP contribution in [0, 0.1) is 0 Å². The Hall–Kier alpha value is -0.830. The lowest BCUT2D eigenvalue weighted by molar-refractivity contribution is 0.255. The Bertz CT molecular complexity index is 300. The first-order valence-corrected chi connectivity index (χ1v) is 8.92. The van der Waals surface area contributed by atoms with E-state index in [4.69, 9.17) is 5.11 Å². The summed E-state index contributed by atoms with van der Waals surface area (Å²) >= 11 is 0. The molecule has 0 aromatic carbocycles. The van der Waals surface area contributed by atoms with Crippen molar-refractivity contribution in [2.24, 2.45) is 4.99 Å². The molecule has 1 aliphatic heterocycles. The lowest BCUT2D eigenvalue weighted by Gasteiger charge is -2.17. The highest BCUT2D eigenvalue weighted by Crippen LogP contribution is 2.10. The molecular formula is C18H34N2O. The second-order valence-electron chi connectivity index (χ2n) is 5.95. The topological polar surface area (TPSA) is 35.8 Å². The number of aliphatic hydroxyl groups is 1. The fourth-order valence-electron chi connectivity index (χ4n) is 2.79. The molecule has 0 radical (unpaired) electrons. The Labute approximate surface area is 131 Å². The lowest BCUT2D eigenvalue weighted by atomic mass is 10.1. The van der Waals surface area contributed by atoms with Gasteiger partial charge in [0.15, 0.2) is 0 Å². The lowest BCUT2D eigenvalue weighted by Crippen LogP contribution is -2.30. The maximum absolute atomic E-state index is 8.99. The molecule has 21 heavy (non-hydrogen) atoms. The maximum Gasteiger partial charge on any atom is 0.103 e. The largest absolute Gasteiger partial charge is 0.395 e. The normalized spacial score (nSPS) is 15.1. The molecule has 0 aliphatic carbocycles. The number of unbranched alkanes of at least 4 members (excludes halogenated alkanes) is 8. The van der Waals surface area contributed by atoms with E-state index in [0.717, 1.165) is 31.9 Å². The minimum absolute atomic E-state index is 0.223. The summed E-state index contributed by atoms with van der Waals surface area (Å²) in [7, 11) is 0. The molecule has 1 heterocycles. The van der Waals surface area contributed by atoms with E-state index in [1.165, 1.54) is 57.8 Å². The van der Waals surface area contributed by atoms with Crippen molar-refractivity contribution < 1.29 is 5.11 Å². The third kappa shape index (κ3) is 8.92. The first-order valence-electron chi connectivity index (χ1n) is 8.92. The monoisotopic (exact) mass is 294 g/mol. The second-order valence-corrected chi connectivity index (χ2v) is 5.95. The zero-order chi connectivity index (χ0) is 15.2. The average molecular weight is 294 g/mol. The van der Waals surface area contributed by atoms with Crippen LogP contribution >= 0.6 is 0 Å². The van der Waals surface area contributed by atoms with E-state index < -0.39 is 0 Å². The summed E-state index contributed by atoms with van der Waals surface area (Å²) in [4.78, 5) is 6.69. The van der Waals surface area contributed by atoms with Gasteiger partial charge in [0, 0.05) is 19.5 Å². The summed E-state index contributed by atoms with van der Waals surface area (Å²) in [6, 6.07) is 0. The molecular weight excluding hydrogens is 260 g/mol. The molecule has 3 heteroatoms.